The highest BCUT2D eigenvalue weighted by molar-refractivity contribution is 9.10. The Morgan fingerprint density at radius 1 is 1.05 bits per heavy atom. The summed E-state index contributed by atoms with van der Waals surface area (Å²) in [5, 5.41) is 15.5. The molecular weight excluding hydrogens is 366 g/mol. The van der Waals surface area contributed by atoms with E-state index in [0.717, 1.165) is 15.8 Å². The van der Waals surface area contributed by atoms with E-state index in [0.29, 0.717) is 10.8 Å². The summed E-state index contributed by atoms with van der Waals surface area (Å²) in [6.07, 6.45) is 3.60. The molecule has 0 aliphatic heterocycles. The molecule has 110 valence electrons. The van der Waals surface area contributed by atoms with Gasteiger partial charge in [-0.1, -0.05) is 27.5 Å². The minimum absolute atomic E-state index is 0.618. The van der Waals surface area contributed by atoms with E-state index in [1.165, 1.54) is 0 Å². The number of anilines is 1. The summed E-state index contributed by atoms with van der Waals surface area (Å²) in [4.78, 5) is 0. The third kappa shape index (κ3) is 3.52. The molecule has 0 saturated carbocycles. The first kappa shape index (κ1) is 14.7. The van der Waals surface area contributed by atoms with Crippen LogP contribution < -0.4 is 5.32 Å². The lowest BCUT2D eigenvalue weighted by atomic mass is 10.3. The van der Waals surface area contributed by atoms with Crippen LogP contribution in [-0.2, 0) is 0 Å². The van der Waals surface area contributed by atoms with E-state index in [-0.39, 0.29) is 0 Å². The average Bonchev–Trinajstić information content (AvgIpc) is 2.98. The Balaban J connectivity index is 1.76. The highest BCUT2D eigenvalue weighted by Crippen LogP contribution is 2.15. The Hall–Kier alpha value is -2.18. The predicted octanol–water partition coefficient (Wildman–Crippen LogP) is 4.16. The van der Waals surface area contributed by atoms with Crippen LogP contribution in [0.5, 0.6) is 0 Å². The average molecular weight is 377 g/mol. The lowest BCUT2D eigenvalue weighted by molar-refractivity contribution is 0.787. The summed E-state index contributed by atoms with van der Waals surface area (Å²) < 4.78 is 2.67. The van der Waals surface area contributed by atoms with Gasteiger partial charge in [-0.05, 0) is 59.0 Å². The van der Waals surface area contributed by atoms with Gasteiger partial charge in [0.15, 0.2) is 5.82 Å². The summed E-state index contributed by atoms with van der Waals surface area (Å²) in [5.74, 6) is 0.618. The van der Waals surface area contributed by atoms with Crippen LogP contribution in [0.4, 0.5) is 5.69 Å². The Kier molecular flexibility index (Phi) is 4.50. The van der Waals surface area contributed by atoms with Gasteiger partial charge in [-0.3, -0.25) is 0 Å². The minimum Gasteiger partial charge on any atom is -0.362 e. The highest BCUT2D eigenvalue weighted by Gasteiger charge is 2.04. The SMILES string of the molecule is Clc1ccc(-n2nnnc2/C=C/Nc2ccc(Br)cc2)cc1. The molecule has 22 heavy (non-hydrogen) atoms. The van der Waals surface area contributed by atoms with Crippen LogP contribution in [0.25, 0.3) is 11.8 Å². The van der Waals surface area contributed by atoms with Crippen molar-refractivity contribution >= 4 is 39.3 Å². The molecule has 0 radical (unpaired) electrons. The number of aromatic nitrogens is 4. The fourth-order valence-electron chi connectivity index (χ4n) is 1.82. The summed E-state index contributed by atoms with van der Waals surface area (Å²) in [5.41, 5.74) is 1.82. The zero-order chi connectivity index (χ0) is 15.4. The molecular formula is C15H11BrClN5. The van der Waals surface area contributed by atoms with Crippen LogP contribution in [0.3, 0.4) is 0 Å². The smallest absolute Gasteiger partial charge is 0.181 e. The molecule has 3 rings (SSSR count). The Morgan fingerprint density at radius 2 is 1.77 bits per heavy atom. The van der Waals surface area contributed by atoms with Gasteiger partial charge < -0.3 is 5.32 Å². The topological polar surface area (TPSA) is 55.6 Å². The Bertz CT molecular complexity index is 780. The maximum absolute atomic E-state index is 5.89. The van der Waals surface area contributed by atoms with Crippen molar-refractivity contribution in [3.05, 3.63) is 70.1 Å². The number of benzene rings is 2. The maximum atomic E-state index is 5.89. The van der Waals surface area contributed by atoms with Crippen molar-refractivity contribution in [1.29, 1.82) is 0 Å². The quantitative estimate of drug-likeness (QED) is 0.743. The summed E-state index contributed by atoms with van der Waals surface area (Å²) in [6.45, 7) is 0. The molecule has 3 aromatic rings. The fourth-order valence-corrected chi connectivity index (χ4v) is 2.21. The number of nitrogens with one attached hydrogen (secondary N) is 1. The van der Waals surface area contributed by atoms with Gasteiger partial charge in [0.05, 0.1) is 5.69 Å². The molecule has 0 unspecified atom stereocenters. The van der Waals surface area contributed by atoms with E-state index in [9.17, 15) is 0 Å². The summed E-state index contributed by atoms with van der Waals surface area (Å²) >= 11 is 9.29. The van der Waals surface area contributed by atoms with Crippen molar-refractivity contribution in [3.63, 3.8) is 0 Å². The molecule has 0 saturated heterocycles. The molecule has 0 atom stereocenters. The van der Waals surface area contributed by atoms with Gasteiger partial charge in [0.1, 0.15) is 0 Å². The van der Waals surface area contributed by atoms with E-state index in [1.54, 1.807) is 29.1 Å². The minimum atomic E-state index is 0.618. The van der Waals surface area contributed by atoms with Gasteiger partial charge in [-0.15, -0.1) is 5.10 Å². The summed E-state index contributed by atoms with van der Waals surface area (Å²) in [7, 11) is 0. The van der Waals surface area contributed by atoms with Gasteiger partial charge in [-0.2, -0.15) is 4.68 Å². The Labute approximate surface area is 140 Å². The van der Waals surface area contributed by atoms with Crippen LogP contribution in [-0.4, -0.2) is 20.2 Å². The monoisotopic (exact) mass is 375 g/mol. The van der Waals surface area contributed by atoms with Gasteiger partial charge in [0.25, 0.3) is 0 Å². The van der Waals surface area contributed by atoms with Crippen LogP contribution in [0.2, 0.25) is 5.02 Å². The molecule has 0 amide bonds. The van der Waals surface area contributed by atoms with Gasteiger partial charge in [-0.25, -0.2) is 0 Å². The second-order valence-electron chi connectivity index (χ2n) is 4.41. The molecule has 1 aromatic heterocycles. The molecule has 7 heteroatoms. The first-order valence-corrected chi connectivity index (χ1v) is 7.62. The molecule has 0 bridgehead atoms. The molecule has 1 heterocycles. The largest absolute Gasteiger partial charge is 0.362 e. The molecule has 0 aliphatic rings. The number of hydrogen-bond donors (Lipinski definition) is 1. The molecule has 0 aliphatic carbocycles. The van der Waals surface area contributed by atoms with E-state index in [4.69, 9.17) is 11.6 Å². The van der Waals surface area contributed by atoms with Crippen LogP contribution in [0, 0.1) is 0 Å². The van der Waals surface area contributed by atoms with E-state index in [1.807, 2.05) is 36.4 Å². The normalized spacial score (nSPS) is 11.0. The van der Waals surface area contributed by atoms with Crippen molar-refractivity contribution in [2.24, 2.45) is 0 Å². The number of hydrogen-bond acceptors (Lipinski definition) is 4. The number of nitrogens with zero attached hydrogens (tertiary/aromatic N) is 4. The van der Waals surface area contributed by atoms with Gasteiger partial charge in [0.2, 0.25) is 0 Å². The lowest BCUT2D eigenvalue weighted by Crippen LogP contribution is -1.99. The predicted molar refractivity (Wildman–Crippen MR) is 91.0 cm³/mol. The molecule has 2 aromatic carbocycles. The standard InChI is InChI=1S/C15H11BrClN5/c16-11-1-5-13(6-2-11)18-10-9-15-19-20-21-22(15)14-7-3-12(17)4-8-14/h1-10,18H/b10-9+. The second-order valence-corrected chi connectivity index (χ2v) is 5.76. The van der Waals surface area contributed by atoms with Crippen LogP contribution >= 0.6 is 27.5 Å². The number of rotatable bonds is 4. The van der Waals surface area contributed by atoms with Gasteiger partial charge in [0, 0.05) is 27.5 Å². The van der Waals surface area contributed by atoms with Crippen molar-refractivity contribution in [2.45, 2.75) is 0 Å². The lowest BCUT2D eigenvalue weighted by Gasteiger charge is -2.02. The first-order valence-electron chi connectivity index (χ1n) is 6.45. The zero-order valence-corrected chi connectivity index (χ0v) is 13.7. The third-order valence-corrected chi connectivity index (χ3v) is 3.67. The molecule has 1 N–H and O–H groups in total. The first-order chi connectivity index (χ1) is 10.7. The molecule has 0 fully saturated rings. The third-order valence-electron chi connectivity index (χ3n) is 2.89. The highest BCUT2D eigenvalue weighted by atomic mass is 79.9. The van der Waals surface area contributed by atoms with E-state index >= 15 is 0 Å². The van der Waals surface area contributed by atoms with Crippen LogP contribution in [0.15, 0.2) is 59.2 Å². The maximum Gasteiger partial charge on any atom is 0.181 e. The Morgan fingerprint density at radius 3 is 2.50 bits per heavy atom. The van der Waals surface area contributed by atoms with Crippen molar-refractivity contribution in [3.8, 4) is 5.69 Å². The van der Waals surface area contributed by atoms with Crippen LogP contribution in [0.1, 0.15) is 5.82 Å². The molecule has 0 spiro atoms. The van der Waals surface area contributed by atoms with E-state index in [2.05, 4.69) is 36.8 Å². The van der Waals surface area contributed by atoms with Crippen molar-refractivity contribution in [2.75, 3.05) is 5.32 Å². The van der Waals surface area contributed by atoms with Crippen molar-refractivity contribution < 1.29 is 0 Å². The molecule has 5 nitrogen and oxygen atoms in total. The number of tetrazole rings is 1. The zero-order valence-electron chi connectivity index (χ0n) is 11.3. The van der Waals surface area contributed by atoms with Crippen molar-refractivity contribution in [1.82, 2.24) is 20.2 Å². The van der Waals surface area contributed by atoms with Gasteiger partial charge >= 0.3 is 0 Å². The van der Waals surface area contributed by atoms with E-state index < -0.39 is 0 Å². The fraction of sp³-hybridized carbons (Fsp3) is 0. The summed E-state index contributed by atoms with van der Waals surface area (Å²) in [6, 6.07) is 15.2. The number of halogens is 2. The second kappa shape index (κ2) is 6.72.